The molecule has 7 N–H and O–H groups in total. The lowest BCUT2D eigenvalue weighted by molar-refractivity contribution is -0.174. The summed E-state index contributed by atoms with van der Waals surface area (Å²) >= 11 is 0. The summed E-state index contributed by atoms with van der Waals surface area (Å²) in [5, 5.41) is 51.6. The molecule has 1 aromatic rings. The molecule has 2 saturated carbocycles. The molecule has 0 aliphatic heterocycles. The van der Waals surface area contributed by atoms with Crippen molar-refractivity contribution in [3.05, 3.63) is 34.4 Å². The van der Waals surface area contributed by atoms with Crippen LogP contribution < -0.4 is 5.73 Å². The summed E-state index contributed by atoms with van der Waals surface area (Å²) < 4.78 is 0. The van der Waals surface area contributed by atoms with Crippen LogP contribution in [-0.4, -0.2) is 61.3 Å². The first kappa shape index (κ1) is 21.1. The Hall–Kier alpha value is -3.19. The lowest BCUT2D eigenvalue weighted by Gasteiger charge is -2.48. The zero-order valence-corrected chi connectivity index (χ0v) is 16.3. The lowest BCUT2D eigenvalue weighted by Crippen LogP contribution is -2.66. The van der Waals surface area contributed by atoms with E-state index in [1.54, 1.807) is 0 Å². The highest BCUT2D eigenvalue weighted by molar-refractivity contribution is 6.24. The zero-order chi connectivity index (χ0) is 22.7. The van der Waals surface area contributed by atoms with Gasteiger partial charge in [0.1, 0.15) is 24.0 Å². The van der Waals surface area contributed by atoms with Crippen molar-refractivity contribution in [2.45, 2.75) is 31.0 Å². The Balaban J connectivity index is 1.88. The highest BCUT2D eigenvalue weighted by Crippen LogP contribution is 2.51. The summed E-state index contributed by atoms with van der Waals surface area (Å²) in [5.74, 6) is -2.29. The van der Waals surface area contributed by atoms with Crippen LogP contribution in [-0.2, 0) is 20.8 Å². The number of hydrogen-bond donors (Lipinski definition) is 6. The Morgan fingerprint density at radius 2 is 1.94 bits per heavy atom. The lowest BCUT2D eigenvalue weighted by atomic mass is 9.56. The molecule has 3 aliphatic carbocycles. The second-order valence-electron chi connectivity index (χ2n) is 8.18. The molecule has 0 saturated heterocycles. The highest BCUT2D eigenvalue weighted by Gasteiger charge is 2.63. The normalized spacial score (nSPS) is 31.8. The third-order valence-corrected chi connectivity index (χ3v) is 6.57. The number of nitrogens with two attached hydrogens (primary N) is 1. The standard InChI is InChI=1S/C22H21NO8/c23-21(30)17-14(26)8-11-6-10-7-12-9(2-1-5-24)3-4-13(25)16(12)18(27)15(10)19(28)22(11,31)20(17)29/h3-4,10-11,14,17,24-27,31H,5-8H2,(H2,23,30)/t10-,11+,14?,17?,22+/m1/s1. The van der Waals surface area contributed by atoms with Gasteiger partial charge in [-0.2, -0.15) is 0 Å². The molecule has 0 spiro atoms. The van der Waals surface area contributed by atoms with Crippen LogP contribution in [0.25, 0.3) is 5.76 Å². The van der Waals surface area contributed by atoms with Gasteiger partial charge in [0.25, 0.3) is 0 Å². The number of carbonyl (C=O) groups is 3. The molecule has 4 rings (SSSR count). The van der Waals surface area contributed by atoms with Crippen LogP contribution in [0.5, 0.6) is 5.75 Å². The van der Waals surface area contributed by atoms with Crippen molar-refractivity contribution in [1.29, 1.82) is 0 Å². The number of amides is 1. The topological polar surface area (TPSA) is 178 Å². The van der Waals surface area contributed by atoms with E-state index in [-0.39, 0.29) is 42.8 Å². The summed E-state index contributed by atoms with van der Waals surface area (Å²) in [6, 6.07) is 2.81. The van der Waals surface area contributed by atoms with Crippen molar-refractivity contribution in [3.63, 3.8) is 0 Å². The van der Waals surface area contributed by atoms with Gasteiger partial charge < -0.3 is 31.3 Å². The molecule has 2 unspecified atom stereocenters. The first-order valence-electron chi connectivity index (χ1n) is 9.79. The van der Waals surface area contributed by atoms with Crippen LogP contribution in [0.1, 0.15) is 29.5 Å². The molecule has 0 heterocycles. The Morgan fingerprint density at radius 3 is 2.58 bits per heavy atom. The van der Waals surface area contributed by atoms with E-state index in [1.807, 2.05) is 0 Å². The fraction of sp³-hybridized carbons (Fsp3) is 0.409. The van der Waals surface area contributed by atoms with E-state index in [0.29, 0.717) is 11.1 Å². The quantitative estimate of drug-likeness (QED) is 0.242. The monoisotopic (exact) mass is 427 g/mol. The number of rotatable bonds is 1. The number of hydrogen-bond acceptors (Lipinski definition) is 8. The maximum atomic E-state index is 13.3. The van der Waals surface area contributed by atoms with Gasteiger partial charge in [-0.15, -0.1) is 0 Å². The first-order valence-corrected chi connectivity index (χ1v) is 9.79. The number of ketones is 2. The second-order valence-corrected chi connectivity index (χ2v) is 8.18. The van der Waals surface area contributed by atoms with E-state index in [4.69, 9.17) is 10.8 Å². The largest absolute Gasteiger partial charge is 0.507 e. The molecule has 31 heavy (non-hydrogen) atoms. The minimum atomic E-state index is -2.60. The van der Waals surface area contributed by atoms with Crippen LogP contribution in [0.4, 0.5) is 0 Å². The molecule has 3 aliphatic rings. The molecule has 2 fully saturated rings. The molecule has 162 valence electrons. The average molecular weight is 427 g/mol. The third kappa shape index (κ3) is 2.87. The Morgan fingerprint density at radius 1 is 1.23 bits per heavy atom. The maximum absolute atomic E-state index is 13.3. The van der Waals surface area contributed by atoms with E-state index in [0.717, 1.165) is 0 Å². The van der Waals surface area contributed by atoms with Crippen LogP contribution in [0.15, 0.2) is 17.7 Å². The molecule has 0 bridgehead atoms. The molecular weight excluding hydrogens is 406 g/mol. The Labute approximate surface area is 176 Å². The van der Waals surface area contributed by atoms with Crippen LogP contribution >= 0.6 is 0 Å². The van der Waals surface area contributed by atoms with Crippen LogP contribution in [0, 0.1) is 29.6 Å². The molecule has 9 heteroatoms. The molecule has 1 aromatic carbocycles. The van der Waals surface area contributed by atoms with Gasteiger partial charge in [-0.05, 0) is 42.9 Å². The fourth-order valence-electron chi connectivity index (χ4n) is 5.18. The van der Waals surface area contributed by atoms with Gasteiger partial charge in [-0.1, -0.05) is 11.8 Å². The number of benzene rings is 1. The average Bonchev–Trinajstić information content (AvgIpc) is 2.70. The van der Waals surface area contributed by atoms with Crippen molar-refractivity contribution in [3.8, 4) is 17.6 Å². The Kier molecular flexibility index (Phi) is 4.89. The van der Waals surface area contributed by atoms with Crippen molar-refractivity contribution < 1.29 is 39.9 Å². The van der Waals surface area contributed by atoms with Crippen molar-refractivity contribution in [2.75, 3.05) is 6.61 Å². The zero-order valence-electron chi connectivity index (χ0n) is 16.3. The van der Waals surface area contributed by atoms with Gasteiger partial charge in [-0.25, -0.2) is 0 Å². The smallest absolute Gasteiger partial charge is 0.230 e. The summed E-state index contributed by atoms with van der Waals surface area (Å²) in [7, 11) is 0. The number of aliphatic hydroxyl groups is 4. The molecule has 0 aromatic heterocycles. The van der Waals surface area contributed by atoms with Crippen molar-refractivity contribution >= 4 is 23.2 Å². The number of phenolic OH excluding ortho intramolecular Hbond substituents is 1. The number of fused-ring (bicyclic) bond motifs is 3. The summed E-state index contributed by atoms with van der Waals surface area (Å²) in [5.41, 5.74) is 3.30. The molecule has 0 radical (unpaired) electrons. The third-order valence-electron chi connectivity index (χ3n) is 6.57. The molecule has 5 atom stereocenters. The minimum absolute atomic E-state index is 0.0267. The predicted octanol–water partition coefficient (Wildman–Crippen LogP) is -1.07. The number of carbonyl (C=O) groups excluding carboxylic acids is 3. The number of phenols is 1. The molecule has 1 amide bonds. The van der Waals surface area contributed by atoms with E-state index in [9.17, 15) is 34.8 Å². The van der Waals surface area contributed by atoms with Gasteiger partial charge in [-0.3, -0.25) is 14.4 Å². The van der Waals surface area contributed by atoms with Crippen molar-refractivity contribution in [1.82, 2.24) is 0 Å². The van der Waals surface area contributed by atoms with Gasteiger partial charge >= 0.3 is 0 Å². The van der Waals surface area contributed by atoms with Gasteiger partial charge in [0.15, 0.2) is 11.4 Å². The maximum Gasteiger partial charge on any atom is 0.230 e. The number of primary amides is 1. The van der Waals surface area contributed by atoms with E-state index >= 15 is 0 Å². The summed E-state index contributed by atoms with van der Waals surface area (Å²) in [6.07, 6.45) is -1.35. The number of aromatic hydroxyl groups is 1. The van der Waals surface area contributed by atoms with Crippen LogP contribution in [0.2, 0.25) is 0 Å². The predicted molar refractivity (Wildman–Crippen MR) is 105 cm³/mol. The van der Waals surface area contributed by atoms with E-state index < -0.39 is 52.7 Å². The summed E-state index contributed by atoms with van der Waals surface area (Å²) in [4.78, 5) is 37.9. The number of Topliss-reactive ketones (excluding diaryl/α,β-unsaturated/α-hetero) is 2. The SMILES string of the molecule is NC(=O)C1C(=O)[C@@]2(O)C(=O)C3=C(O)c4c(O)ccc(C#CCO)c4C[C@H]3C[C@H]2CC1O. The first-order chi connectivity index (χ1) is 14.6. The Bertz CT molecular complexity index is 1110. The highest BCUT2D eigenvalue weighted by atomic mass is 16.3. The fourth-order valence-corrected chi connectivity index (χ4v) is 5.18. The van der Waals surface area contributed by atoms with Crippen LogP contribution in [0.3, 0.4) is 0 Å². The van der Waals surface area contributed by atoms with Crippen molar-refractivity contribution in [2.24, 2.45) is 23.5 Å². The van der Waals surface area contributed by atoms with E-state index in [1.165, 1.54) is 12.1 Å². The van der Waals surface area contributed by atoms with Gasteiger partial charge in [0.05, 0.1) is 11.7 Å². The number of aliphatic hydroxyl groups excluding tert-OH is 3. The minimum Gasteiger partial charge on any atom is -0.507 e. The summed E-state index contributed by atoms with van der Waals surface area (Å²) in [6.45, 7) is -0.388. The second kappa shape index (κ2) is 7.20. The molecular formula is C22H21NO8. The van der Waals surface area contributed by atoms with Gasteiger partial charge in [0.2, 0.25) is 11.7 Å². The van der Waals surface area contributed by atoms with E-state index in [2.05, 4.69) is 11.8 Å². The molecule has 9 nitrogen and oxygen atoms in total. The van der Waals surface area contributed by atoms with Gasteiger partial charge in [0, 0.05) is 17.1 Å².